The van der Waals surface area contributed by atoms with Gasteiger partial charge in [-0.15, -0.1) is 0 Å². The lowest BCUT2D eigenvalue weighted by Crippen LogP contribution is -2.35. The molecular weight excluding hydrogens is 188 g/mol. The van der Waals surface area contributed by atoms with Crippen LogP contribution in [0.5, 0.6) is 0 Å². The van der Waals surface area contributed by atoms with Crippen molar-refractivity contribution in [2.24, 2.45) is 0 Å². The van der Waals surface area contributed by atoms with Gasteiger partial charge in [0.15, 0.2) is 0 Å². The van der Waals surface area contributed by atoms with E-state index in [1.165, 1.54) is 5.01 Å². The van der Waals surface area contributed by atoms with Gasteiger partial charge in [0.05, 0.1) is 11.3 Å². The molecule has 0 saturated heterocycles. The normalized spacial score (nSPS) is 14.2. The summed E-state index contributed by atoms with van der Waals surface area (Å²) < 4.78 is 0. The summed E-state index contributed by atoms with van der Waals surface area (Å²) in [7, 11) is 1.73. The molecule has 15 heavy (non-hydrogen) atoms. The van der Waals surface area contributed by atoms with Gasteiger partial charge in [-0.1, -0.05) is 24.3 Å². The minimum atomic E-state index is 0.0132. The van der Waals surface area contributed by atoms with Crippen molar-refractivity contribution in [3.63, 3.8) is 0 Å². The first-order valence-corrected chi connectivity index (χ1v) is 4.84. The monoisotopic (exact) mass is 198 g/mol. The first-order valence-electron chi connectivity index (χ1n) is 4.84. The summed E-state index contributed by atoms with van der Waals surface area (Å²) in [5.41, 5.74) is 4.82. The lowest BCUT2D eigenvalue weighted by molar-refractivity contribution is 0.0824. The van der Waals surface area contributed by atoms with E-state index in [2.05, 4.69) is 5.43 Å². The van der Waals surface area contributed by atoms with Crippen LogP contribution < -0.4 is 5.43 Å². The fourth-order valence-corrected chi connectivity index (χ4v) is 2.02. The largest absolute Gasteiger partial charge is 0.295 e. The molecule has 2 aromatic rings. The highest BCUT2D eigenvalue weighted by atomic mass is 16.2. The molecule has 0 spiro atoms. The summed E-state index contributed by atoms with van der Waals surface area (Å²) in [4.78, 5) is 11.9. The van der Waals surface area contributed by atoms with Crippen molar-refractivity contribution < 1.29 is 4.79 Å². The van der Waals surface area contributed by atoms with Gasteiger partial charge >= 0.3 is 0 Å². The van der Waals surface area contributed by atoms with Gasteiger partial charge in [-0.25, -0.2) is 0 Å². The van der Waals surface area contributed by atoms with Gasteiger partial charge in [-0.2, -0.15) is 0 Å². The smallest absolute Gasteiger partial charge is 0.272 e. The van der Waals surface area contributed by atoms with Crippen LogP contribution in [0.3, 0.4) is 0 Å². The summed E-state index contributed by atoms with van der Waals surface area (Å²) >= 11 is 0. The Labute approximate surface area is 87.3 Å². The zero-order valence-corrected chi connectivity index (χ0v) is 8.32. The number of nitrogens with one attached hydrogen (secondary N) is 1. The lowest BCUT2D eigenvalue weighted by atomic mass is 10.0. The number of carbonyl (C=O) groups excluding carboxylic acids is 1. The first-order chi connectivity index (χ1) is 7.27. The van der Waals surface area contributed by atoms with Crippen molar-refractivity contribution in [1.29, 1.82) is 0 Å². The Morgan fingerprint density at radius 1 is 1.13 bits per heavy atom. The second kappa shape index (κ2) is 2.73. The SMILES string of the molecule is CN1Nc2cccc3cccc(c23)C1=O. The Balaban J connectivity index is 2.46. The van der Waals surface area contributed by atoms with E-state index in [9.17, 15) is 4.79 Å². The quantitative estimate of drug-likeness (QED) is 0.704. The Bertz CT molecular complexity index is 557. The molecule has 1 amide bonds. The number of hydrazine groups is 1. The molecule has 2 aromatic carbocycles. The number of benzene rings is 2. The predicted molar refractivity (Wildman–Crippen MR) is 59.7 cm³/mol. The standard InChI is InChI=1S/C12H10N2O/c1-14-12(15)9-6-2-4-8-5-3-7-10(13-14)11(8)9/h2-7,13H,1H3. The second-order valence-corrected chi connectivity index (χ2v) is 3.69. The number of anilines is 1. The molecule has 0 aliphatic carbocycles. The lowest BCUT2D eigenvalue weighted by Gasteiger charge is -2.26. The van der Waals surface area contributed by atoms with Crippen molar-refractivity contribution in [2.75, 3.05) is 12.5 Å². The minimum Gasteiger partial charge on any atom is -0.295 e. The topological polar surface area (TPSA) is 32.3 Å². The van der Waals surface area contributed by atoms with Crippen LogP contribution in [0, 0.1) is 0 Å². The number of nitrogens with zero attached hydrogens (tertiary/aromatic N) is 1. The molecule has 1 aliphatic heterocycles. The molecule has 0 unspecified atom stereocenters. The molecule has 1 N–H and O–H groups in total. The molecule has 3 nitrogen and oxygen atoms in total. The predicted octanol–water partition coefficient (Wildman–Crippen LogP) is 2.25. The molecule has 74 valence electrons. The Kier molecular flexibility index (Phi) is 1.51. The molecule has 3 heteroatoms. The second-order valence-electron chi connectivity index (χ2n) is 3.69. The number of carbonyl (C=O) groups is 1. The highest BCUT2D eigenvalue weighted by molar-refractivity contribution is 6.14. The third-order valence-corrected chi connectivity index (χ3v) is 2.73. The fourth-order valence-electron chi connectivity index (χ4n) is 2.02. The van der Waals surface area contributed by atoms with Crippen molar-refractivity contribution in [3.05, 3.63) is 42.0 Å². The Hall–Kier alpha value is -2.03. The molecule has 0 bridgehead atoms. The van der Waals surface area contributed by atoms with Gasteiger partial charge in [0.2, 0.25) is 0 Å². The zero-order valence-electron chi connectivity index (χ0n) is 8.32. The van der Waals surface area contributed by atoms with Crippen LogP contribution in [0.1, 0.15) is 10.4 Å². The van der Waals surface area contributed by atoms with E-state index in [1.54, 1.807) is 7.05 Å². The molecule has 0 atom stereocenters. The molecule has 1 aliphatic rings. The Morgan fingerprint density at radius 3 is 2.67 bits per heavy atom. The van der Waals surface area contributed by atoms with Gasteiger partial charge in [-0.3, -0.25) is 15.2 Å². The van der Waals surface area contributed by atoms with E-state index in [1.807, 2.05) is 36.4 Å². The van der Waals surface area contributed by atoms with Crippen molar-refractivity contribution in [2.45, 2.75) is 0 Å². The van der Waals surface area contributed by atoms with Gasteiger partial charge in [-0.05, 0) is 17.5 Å². The maximum absolute atomic E-state index is 11.9. The molecule has 1 heterocycles. The number of rotatable bonds is 0. The van der Waals surface area contributed by atoms with Gasteiger partial charge < -0.3 is 0 Å². The van der Waals surface area contributed by atoms with Crippen LogP contribution >= 0.6 is 0 Å². The van der Waals surface area contributed by atoms with E-state index in [0.29, 0.717) is 0 Å². The maximum atomic E-state index is 11.9. The van der Waals surface area contributed by atoms with Crippen LogP contribution in [0.15, 0.2) is 36.4 Å². The average molecular weight is 198 g/mol. The fraction of sp³-hybridized carbons (Fsp3) is 0.0833. The number of hydrogen-bond donors (Lipinski definition) is 1. The van der Waals surface area contributed by atoms with Crippen molar-refractivity contribution >= 4 is 22.4 Å². The van der Waals surface area contributed by atoms with Crippen LogP contribution in [0.4, 0.5) is 5.69 Å². The number of amides is 1. The number of hydrogen-bond acceptors (Lipinski definition) is 2. The van der Waals surface area contributed by atoms with Crippen LogP contribution in [-0.4, -0.2) is 18.0 Å². The van der Waals surface area contributed by atoms with E-state index in [4.69, 9.17) is 0 Å². The molecule has 3 rings (SSSR count). The van der Waals surface area contributed by atoms with Crippen molar-refractivity contribution in [3.8, 4) is 0 Å². The maximum Gasteiger partial charge on any atom is 0.272 e. The van der Waals surface area contributed by atoms with E-state index >= 15 is 0 Å². The van der Waals surface area contributed by atoms with E-state index in [-0.39, 0.29) is 5.91 Å². The summed E-state index contributed by atoms with van der Waals surface area (Å²) in [6.07, 6.45) is 0. The Morgan fingerprint density at radius 2 is 1.87 bits per heavy atom. The van der Waals surface area contributed by atoms with E-state index in [0.717, 1.165) is 22.0 Å². The van der Waals surface area contributed by atoms with Gasteiger partial charge in [0, 0.05) is 12.4 Å². The van der Waals surface area contributed by atoms with Crippen LogP contribution in [0.25, 0.3) is 10.8 Å². The molecular formula is C12H10N2O. The molecule has 0 radical (unpaired) electrons. The van der Waals surface area contributed by atoms with Crippen LogP contribution in [-0.2, 0) is 0 Å². The third kappa shape index (κ3) is 1.03. The van der Waals surface area contributed by atoms with Crippen molar-refractivity contribution in [1.82, 2.24) is 5.01 Å². The molecule has 0 fully saturated rings. The molecule has 0 saturated carbocycles. The third-order valence-electron chi connectivity index (χ3n) is 2.73. The average Bonchev–Trinajstić information content (AvgIpc) is 2.26. The first kappa shape index (κ1) is 8.29. The van der Waals surface area contributed by atoms with E-state index < -0.39 is 0 Å². The molecule has 0 aromatic heterocycles. The highest BCUT2D eigenvalue weighted by Gasteiger charge is 2.21. The summed E-state index contributed by atoms with van der Waals surface area (Å²) in [6, 6.07) is 11.8. The van der Waals surface area contributed by atoms with Crippen LogP contribution in [0.2, 0.25) is 0 Å². The zero-order chi connectivity index (χ0) is 10.4. The van der Waals surface area contributed by atoms with Gasteiger partial charge in [0.1, 0.15) is 0 Å². The summed E-state index contributed by atoms with van der Waals surface area (Å²) in [5.74, 6) is 0.0132. The summed E-state index contributed by atoms with van der Waals surface area (Å²) in [6.45, 7) is 0. The van der Waals surface area contributed by atoms with Gasteiger partial charge in [0.25, 0.3) is 5.91 Å². The highest BCUT2D eigenvalue weighted by Crippen LogP contribution is 2.31. The summed E-state index contributed by atoms with van der Waals surface area (Å²) in [5, 5.41) is 3.62. The minimum absolute atomic E-state index is 0.0132.